The summed E-state index contributed by atoms with van der Waals surface area (Å²) in [6.07, 6.45) is 1.73. The number of hydrogen-bond acceptors (Lipinski definition) is 3. The Kier molecular flexibility index (Phi) is 7.17. The number of halogens is 2. The Balaban J connectivity index is 0.00000144. The van der Waals surface area contributed by atoms with Crippen LogP contribution in [0.5, 0.6) is 0 Å². The molecule has 0 unspecified atom stereocenters. The maximum atomic E-state index is 5.78. The van der Waals surface area contributed by atoms with Crippen molar-refractivity contribution in [3.8, 4) is 0 Å². The number of nitrogens with one attached hydrogen (secondary N) is 1. The van der Waals surface area contributed by atoms with Crippen LogP contribution in [0.2, 0.25) is 0 Å². The van der Waals surface area contributed by atoms with E-state index in [9.17, 15) is 0 Å². The van der Waals surface area contributed by atoms with Crippen molar-refractivity contribution in [2.45, 2.75) is 13.5 Å². The van der Waals surface area contributed by atoms with Gasteiger partial charge in [0.15, 0.2) is 0 Å². The average molecular weight is 286 g/mol. The first-order valence-corrected chi connectivity index (χ1v) is 5.25. The number of anilines is 2. The molecule has 3 nitrogen and oxygen atoms in total. The summed E-state index contributed by atoms with van der Waals surface area (Å²) in [7, 11) is 0. The molecule has 0 radical (unpaired) electrons. The molecule has 0 saturated heterocycles. The van der Waals surface area contributed by atoms with Crippen LogP contribution in [0.15, 0.2) is 42.6 Å². The van der Waals surface area contributed by atoms with Crippen molar-refractivity contribution in [1.29, 1.82) is 0 Å². The molecule has 0 fully saturated rings. The summed E-state index contributed by atoms with van der Waals surface area (Å²) in [5.41, 5.74) is 8.94. The quantitative estimate of drug-likeness (QED) is 0.909. The molecule has 18 heavy (non-hydrogen) atoms. The lowest BCUT2D eigenvalue weighted by Crippen LogP contribution is -2.04. The van der Waals surface area contributed by atoms with Crippen LogP contribution in [0, 0.1) is 6.92 Å². The highest BCUT2D eigenvalue weighted by Gasteiger charge is 1.98. The van der Waals surface area contributed by atoms with E-state index in [4.69, 9.17) is 5.73 Å². The van der Waals surface area contributed by atoms with Crippen LogP contribution in [0.1, 0.15) is 11.1 Å². The Morgan fingerprint density at radius 2 is 1.78 bits per heavy atom. The van der Waals surface area contributed by atoms with Crippen LogP contribution in [0.3, 0.4) is 0 Å². The molecule has 1 heterocycles. The van der Waals surface area contributed by atoms with E-state index in [1.54, 1.807) is 6.20 Å². The molecule has 1 aromatic carbocycles. The van der Waals surface area contributed by atoms with E-state index in [0.29, 0.717) is 5.69 Å². The zero-order chi connectivity index (χ0) is 11.4. The summed E-state index contributed by atoms with van der Waals surface area (Å²) in [4.78, 5) is 4.17. The Labute approximate surface area is 120 Å². The van der Waals surface area contributed by atoms with E-state index in [1.165, 1.54) is 11.1 Å². The van der Waals surface area contributed by atoms with Crippen LogP contribution in [-0.2, 0) is 6.54 Å². The number of nitrogens with two attached hydrogens (primary N) is 1. The number of pyridine rings is 1. The van der Waals surface area contributed by atoms with Crippen molar-refractivity contribution in [1.82, 2.24) is 4.98 Å². The van der Waals surface area contributed by atoms with Gasteiger partial charge < -0.3 is 11.1 Å². The number of aromatic nitrogens is 1. The molecule has 0 aliphatic rings. The maximum Gasteiger partial charge on any atom is 0.149 e. The number of nitrogen functional groups attached to an aromatic ring is 1. The van der Waals surface area contributed by atoms with Crippen LogP contribution >= 0.6 is 24.8 Å². The number of nitrogens with zero attached hydrogens (tertiary/aromatic N) is 1. The standard InChI is InChI=1S/C13H15N3.2ClH/c1-10-4-6-11(7-5-10)9-16-13-12(14)3-2-8-15-13;;/h2-8H,9,14H2,1H3,(H,15,16);2*1H. The maximum absolute atomic E-state index is 5.78. The van der Waals surface area contributed by atoms with Crippen molar-refractivity contribution in [3.63, 3.8) is 0 Å². The normalized spacial score (nSPS) is 8.94. The summed E-state index contributed by atoms with van der Waals surface area (Å²) < 4.78 is 0. The van der Waals surface area contributed by atoms with Crippen LogP contribution in [0.25, 0.3) is 0 Å². The van der Waals surface area contributed by atoms with Crippen LogP contribution in [0.4, 0.5) is 11.5 Å². The monoisotopic (exact) mass is 285 g/mol. The Bertz CT molecular complexity index is 472. The van der Waals surface area contributed by atoms with Gasteiger partial charge in [-0.15, -0.1) is 24.8 Å². The van der Waals surface area contributed by atoms with Crippen molar-refractivity contribution in [2.24, 2.45) is 0 Å². The Hall–Kier alpha value is -1.45. The summed E-state index contributed by atoms with van der Waals surface area (Å²) >= 11 is 0. The van der Waals surface area contributed by atoms with Gasteiger partial charge in [0.1, 0.15) is 5.82 Å². The molecule has 0 amide bonds. The molecular formula is C13H17Cl2N3. The minimum Gasteiger partial charge on any atom is -0.396 e. The van der Waals surface area contributed by atoms with Crippen LogP contribution < -0.4 is 11.1 Å². The molecule has 3 N–H and O–H groups in total. The third-order valence-electron chi connectivity index (χ3n) is 2.42. The minimum atomic E-state index is 0. The molecule has 0 spiro atoms. The third-order valence-corrected chi connectivity index (χ3v) is 2.42. The molecular weight excluding hydrogens is 269 g/mol. The first-order chi connectivity index (χ1) is 7.75. The molecule has 0 aliphatic heterocycles. The van der Waals surface area contributed by atoms with Crippen molar-refractivity contribution in [2.75, 3.05) is 11.1 Å². The van der Waals surface area contributed by atoms with Gasteiger partial charge in [-0.25, -0.2) is 4.98 Å². The van der Waals surface area contributed by atoms with Crippen LogP contribution in [-0.4, -0.2) is 4.98 Å². The largest absolute Gasteiger partial charge is 0.396 e. The van der Waals surface area contributed by atoms with Crippen molar-refractivity contribution >= 4 is 36.3 Å². The van der Waals surface area contributed by atoms with E-state index in [0.717, 1.165) is 12.4 Å². The van der Waals surface area contributed by atoms with Gasteiger partial charge in [0.05, 0.1) is 5.69 Å². The molecule has 0 atom stereocenters. The fourth-order valence-corrected chi connectivity index (χ4v) is 1.46. The van der Waals surface area contributed by atoms with Gasteiger partial charge in [0.25, 0.3) is 0 Å². The van der Waals surface area contributed by atoms with Gasteiger partial charge in [0.2, 0.25) is 0 Å². The molecule has 98 valence electrons. The van der Waals surface area contributed by atoms with Gasteiger partial charge in [-0.05, 0) is 24.6 Å². The molecule has 1 aromatic heterocycles. The zero-order valence-corrected chi connectivity index (χ0v) is 11.7. The molecule has 2 rings (SSSR count). The topological polar surface area (TPSA) is 50.9 Å². The predicted octanol–water partition coefficient (Wildman–Crippen LogP) is 3.43. The first kappa shape index (κ1) is 16.6. The van der Waals surface area contributed by atoms with Crippen molar-refractivity contribution < 1.29 is 0 Å². The van der Waals surface area contributed by atoms with Gasteiger partial charge in [-0.3, -0.25) is 0 Å². The third kappa shape index (κ3) is 4.43. The minimum absolute atomic E-state index is 0. The summed E-state index contributed by atoms with van der Waals surface area (Å²) in [6, 6.07) is 12.1. The fourth-order valence-electron chi connectivity index (χ4n) is 1.46. The zero-order valence-electron chi connectivity index (χ0n) is 10.1. The smallest absolute Gasteiger partial charge is 0.149 e. The Morgan fingerprint density at radius 3 is 2.39 bits per heavy atom. The first-order valence-electron chi connectivity index (χ1n) is 5.25. The second-order valence-corrected chi connectivity index (χ2v) is 3.78. The van der Waals surface area contributed by atoms with E-state index in [-0.39, 0.29) is 24.8 Å². The molecule has 0 bridgehead atoms. The van der Waals surface area contributed by atoms with E-state index >= 15 is 0 Å². The lowest BCUT2D eigenvalue weighted by atomic mass is 10.1. The number of aryl methyl sites for hydroxylation is 1. The van der Waals surface area contributed by atoms with Gasteiger partial charge in [-0.1, -0.05) is 29.8 Å². The molecule has 0 saturated carbocycles. The number of benzene rings is 1. The predicted molar refractivity (Wildman–Crippen MR) is 81.7 cm³/mol. The van der Waals surface area contributed by atoms with Gasteiger partial charge >= 0.3 is 0 Å². The highest BCUT2D eigenvalue weighted by Crippen LogP contribution is 2.14. The second-order valence-electron chi connectivity index (χ2n) is 3.78. The fraction of sp³-hybridized carbons (Fsp3) is 0.154. The average Bonchev–Trinajstić information content (AvgIpc) is 2.30. The summed E-state index contributed by atoms with van der Waals surface area (Å²) in [5, 5.41) is 3.21. The second kappa shape index (κ2) is 7.80. The highest BCUT2D eigenvalue weighted by molar-refractivity contribution is 5.85. The van der Waals surface area contributed by atoms with E-state index in [2.05, 4.69) is 41.5 Å². The SMILES string of the molecule is Cc1ccc(CNc2ncccc2N)cc1.Cl.Cl. The van der Waals surface area contributed by atoms with Crippen molar-refractivity contribution in [3.05, 3.63) is 53.7 Å². The summed E-state index contributed by atoms with van der Waals surface area (Å²) in [5.74, 6) is 0.739. The molecule has 5 heteroatoms. The number of hydrogen-bond donors (Lipinski definition) is 2. The molecule has 2 aromatic rings. The lowest BCUT2D eigenvalue weighted by Gasteiger charge is -2.07. The Morgan fingerprint density at radius 1 is 1.11 bits per heavy atom. The highest BCUT2D eigenvalue weighted by atomic mass is 35.5. The van der Waals surface area contributed by atoms with Gasteiger partial charge in [0, 0.05) is 12.7 Å². The number of rotatable bonds is 3. The van der Waals surface area contributed by atoms with E-state index in [1.807, 2.05) is 12.1 Å². The molecule has 0 aliphatic carbocycles. The van der Waals surface area contributed by atoms with Gasteiger partial charge in [-0.2, -0.15) is 0 Å². The summed E-state index contributed by atoms with van der Waals surface area (Å²) in [6.45, 7) is 2.81. The lowest BCUT2D eigenvalue weighted by molar-refractivity contribution is 1.11. The van der Waals surface area contributed by atoms with E-state index < -0.39 is 0 Å².